The molecule has 1 amide bonds. The summed E-state index contributed by atoms with van der Waals surface area (Å²) in [5.41, 5.74) is 0.862. The van der Waals surface area contributed by atoms with Crippen molar-refractivity contribution in [3.63, 3.8) is 0 Å². The lowest BCUT2D eigenvalue weighted by atomic mass is 10.2. The van der Waals surface area contributed by atoms with Crippen LogP contribution in [0.4, 0.5) is 11.6 Å². The largest absolute Gasteiger partial charge is 0.495 e. The van der Waals surface area contributed by atoms with E-state index in [-0.39, 0.29) is 5.91 Å². The quantitative estimate of drug-likeness (QED) is 0.878. The first-order chi connectivity index (χ1) is 11.1. The minimum absolute atomic E-state index is 0.323. The molecule has 0 atom stereocenters. The molecule has 0 saturated carbocycles. The number of carbonyl (C=O) groups is 1. The van der Waals surface area contributed by atoms with Gasteiger partial charge in [-0.1, -0.05) is 11.6 Å². The molecule has 1 aromatic carbocycles. The first-order valence-corrected chi connectivity index (χ1v) is 7.68. The molecule has 0 bridgehead atoms. The maximum atomic E-state index is 12.3. The summed E-state index contributed by atoms with van der Waals surface area (Å²) in [5.74, 6) is 0.812. The van der Waals surface area contributed by atoms with Gasteiger partial charge in [-0.2, -0.15) is 0 Å². The Bertz CT molecular complexity index is 672. The zero-order valence-corrected chi connectivity index (χ0v) is 14.1. The SMILES string of the molecule is CCN(CC)c1ncc(C(=O)Nc2cc(Cl)ccc2OC)cn1. The van der Waals surface area contributed by atoms with Gasteiger partial charge in [-0.25, -0.2) is 9.97 Å². The number of halogens is 1. The molecule has 1 N–H and O–H groups in total. The van der Waals surface area contributed by atoms with Crippen LogP contribution >= 0.6 is 11.6 Å². The highest BCUT2D eigenvalue weighted by Gasteiger charge is 2.12. The van der Waals surface area contributed by atoms with Crippen molar-refractivity contribution < 1.29 is 9.53 Å². The van der Waals surface area contributed by atoms with Gasteiger partial charge in [0.05, 0.1) is 18.4 Å². The highest BCUT2D eigenvalue weighted by atomic mass is 35.5. The topological polar surface area (TPSA) is 67.4 Å². The van der Waals surface area contributed by atoms with E-state index in [9.17, 15) is 4.79 Å². The summed E-state index contributed by atoms with van der Waals surface area (Å²) >= 11 is 5.95. The molecule has 1 aromatic heterocycles. The Morgan fingerprint density at radius 2 is 1.91 bits per heavy atom. The molecular formula is C16H19ClN4O2. The van der Waals surface area contributed by atoms with Crippen molar-refractivity contribution in [3.05, 3.63) is 41.2 Å². The number of aromatic nitrogens is 2. The summed E-state index contributed by atoms with van der Waals surface area (Å²) < 4.78 is 5.21. The summed E-state index contributed by atoms with van der Waals surface area (Å²) in [6, 6.07) is 5.01. The summed E-state index contributed by atoms with van der Waals surface area (Å²) in [7, 11) is 1.53. The molecule has 0 spiro atoms. The number of hydrogen-bond acceptors (Lipinski definition) is 5. The summed E-state index contributed by atoms with van der Waals surface area (Å²) in [5, 5.41) is 3.26. The second kappa shape index (κ2) is 7.78. The van der Waals surface area contributed by atoms with Crippen LogP contribution in [0.5, 0.6) is 5.75 Å². The van der Waals surface area contributed by atoms with Gasteiger partial charge >= 0.3 is 0 Å². The zero-order valence-electron chi connectivity index (χ0n) is 13.3. The molecular weight excluding hydrogens is 316 g/mol. The van der Waals surface area contributed by atoms with Gasteiger partial charge in [-0.05, 0) is 32.0 Å². The van der Waals surface area contributed by atoms with Crippen LogP contribution in [0.2, 0.25) is 5.02 Å². The predicted octanol–water partition coefficient (Wildman–Crippen LogP) is 3.24. The lowest BCUT2D eigenvalue weighted by molar-refractivity contribution is 0.102. The number of rotatable bonds is 6. The molecule has 0 unspecified atom stereocenters. The van der Waals surface area contributed by atoms with E-state index in [4.69, 9.17) is 16.3 Å². The van der Waals surface area contributed by atoms with Gasteiger partial charge in [0.1, 0.15) is 5.75 Å². The van der Waals surface area contributed by atoms with Gasteiger partial charge in [0.15, 0.2) is 0 Å². The van der Waals surface area contributed by atoms with E-state index in [1.807, 2.05) is 18.7 Å². The van der Waals surface area contributed by atoms with E-state index >= 15 is 0 Å². The Kier molecular flexibility index (Phi) is 5.76. The smallest absolute Gasteiger partial charge is 0.258 e. The van der Waals surface area contributed by atoms with Gasteiger partial charge in [-0.3, -0.25) is 4.79 Å². The van der Waals surface area contributed by atoms with Gasteiger partial charge in [0.2, 0.25) is 5.95 Å². The number of amides is 1. The lowest BCUT2D eigenvalue weighted by Crippen LogP contribution is -2.24. The molecule has 2 aromatic rings. The Morgan fingerprint density at radius 1 is 1.26 bits per heavy atom. The first-order valence-electron chi connectivity index (χ1n) is 7.30. The summed E-state index contributed by atoms with van der Waals surface area (Å²) in [6.07, 6.45) is 3.01. The van der Waals surface area contributed by atoms with E-state index in [0.717, 1.165) is 13.1 Å². The monoisotopic (exact) mass is 334 g/mol. The molecule has 0 fully saturated rings. The van der Waals surface area contributed by atoms with Gasteiger partial charge < -0.3 is 15.0 Å². The number of benzene rings is 1. The molecule has 0 aliphatic carbocycles. The second-order valence-electron chi connectivity index (χ2n) is 4.74. The van der Waals surface area contributed by atoms with E-state index in [1.54, 1.807) is 18.2 Å². The minimum Gasteiger partial charge on any atom is -0.495 e. The Balaban J connectivity index is 2.17. The average Bonchev–Trinajstić information content (AvgIpc) is 2.57. The van der Waals surface area contributed by atoms with Crippen molar-refractivity contribution in [1.29, 1.82) is 0 Å². The van der Waals surface area contributed by atoms with Crippen molar-refractivity contribution in [2.24, 2.45) is 0 Å². The maximum absolute atomic E-state index is 12.3. The summed E-state index contributed by atoms with van der Waals surface area (Å²) in [6.45, 7) is 5.67. The number of carbonyl (C=O) groups excluding carboxylic acids is 1. The number of methoxy groups -OCH3 is 1. The number of ether oxygens (including phenoxy) is 1. The molecule has 2 rings (SSSR count). The molecule has 0 saturated heterocycles. The second-order valence-corrected chi connectivity index (χ2v) is 5.18. The number of anilines is 2. The van der Waals surface area contributed by atoms with Crippen LogP contribution in [0.15, 0.2) is 30.6 Å². The van der Waals surface area contributed by atoms with Gasteiger partial charge in [0.25, 0.3) is 5.91 Å². The van der Waals surface area contributed by atoms with E-state index in [1.165, 1.54) is 19.5 Å². The van der Waals surface area contributed by atoms with Crippen LogP contribution in [-0.2, 0) is 0 Å². The first kappa shape index (κ1) is 17.0. The van der Waals surface area contributed by atoms with Crippen LogP contribution in [0.3, 0.4) is 0 Å². The highest BCUT2D eigenvalue weighted by molar-refractivity contribution is 6.31. The van der Waals surface area contributed by atoms with Crippen molar-refractivity contribution in [3.8, 4) is 5.75 Å². The van der Waals surface area contributed by atoms with Crippen LogP contribution in [0, 0.1) is 0 Å². The maximum Gasteiger partial charge on any atom is 0.258 e. The van der Waals surface area contributed by atoms with Crippen LogP contribution in [0.25, 0.3) is 0 Å². The zero-order chi connectivity index (χ0) is 16.8. The Morgan fingerprint density at radius 3 is 2.48 bits per heavy atom. The Hall–Kier alpha value is -2.34. The molecule has 0 aliphatic heterocycles. The predicted molar refractivity (Wildman–Crippen MR) is 91.6 cm³/mol. The van der Waals surface area contributed by atoms with Crippen molar-refractivity contribution in [2.75, 3.05) is 30.4 Å². The van der Waals surface area contributed by atoms with E-state index < -0.39 is 0 Å². The third-order valence-electron chi connectivity index (χ3n) is 3.36. The van der Waals surface area contributed by atoms with Crippen molar-refractivity contribution in [2.45, 2.75) is 13.8 Å². The number of nitrogens with zero attached hydrogens (tertiary/aromatic N) is 3. The fourth-order valence-electron chi connectivity index (χ4n) is 2.08. The van der Waals surface area contributed by atoms with Crippen LogP contribution in [-0.4, -0.2) is 36.1 Å². The molecule has 6 nitrogen and oxygen atoms in total. The lowest BCUT2D eigenvalue weighted by Gasteiger charge is -2.18. The minimum atomic E-state index is -0.323. The molecule has 7 heteroatoms. The van der Waals surface area contributed by atoms with Crippen molar-refractivity contribution >= 4 is 29.1 Å². The Labute approximate surface area is 140 Å². The molecule has 23 heavy (non-hydrogen) atoms. The van der Waals surface area contributed by atoms with Crippen LogP contribution < -0.4 is 15.0 Å². The molecule has 122 valence electrons. The fourth-order valence-corrected chi connectivity index (χ4v) is 2.25. The van der Waals surface area contributed by atoms with Gasteiger partial charge in [-0.15, -0.1) is 0 Å². The van der Waals surface area contributed by atoms with Gasteiger partial charge in [0, 0.05) is 30.5 Å². The van der Waals surface area contributed by atoms with Crippen molar-refractivity contribution in [1.82, 2.24) is 9.97 Å². The van der Waals surface area contributed by atoms with E-state index in [2.05, 4.69) is 15.3 Å². The molecule has 1 heterocycles. The van der Waals surface area contributed by atoms with Crippen LogP contribution in [0.1, 0.15) is 24.2 Å². The normalized spacial score (nSPS) is 10.3. The summed E-state index contributed by atoms with van der Waals surface area (Å²) in [4.78, 5) is 22.8. The fraction of sp³-hybridized carbons (Fsp3) is 0.312. The third-order valence-corrected chi connectivity index (χ3v) is 3.59. The highest BCUT2D eigenvalue weighted by Crippen LogP contribution is 2.28. The third kappa shape index (κ3) is 4.10. The number of nitrogens with one attached hydrogen (secondary N) is 1. The van der Waals surface area contributed by atoms with E-state index in [0.29, 0.717) is 28.0 Å². The molecule has 0 aliphatic rings. The average molecular weight is 335 g/mol. The standard InChI is InChI=1S/C16H19ClN4O2/c1-4-21(5-2)16-18-9-11(10-19-16)15(22)20-13-8-12(17)6-7-14(13)23-3/h6-10H,4-5H2,1-3H3,(H,20,22). The number of hydrogen-bond donors (Lipinski definition) is 1. The molecule has 0 radical (unpaired) electrons.